The second kappa shape index (κ2) is 7.25. The van der Waals surface area contributed by atoms with Crippen LogP contribution in [0.15, 0.2) is 34.8 Å². The maximum Gasteiger partial charge on any atom is 0.127 e. The minimum atomic E-state index is 0.536. The zero-order valence-electron chi connectivity index (χ0n) is 11.5. The van der Waals surface area contributed by atoms with Crippen LogP contribution >= 0.6 is 39.1 Å². The fourth-order valence-electron chi connectivity index (χ4n) is 1.89. The smallest absolute Gasteiger partial charge is 0.127 e. The number of nitrogens with one attached hydrogen (secondary N) is 1. The van der Waals surface area contributed by atoms with Gasteiger partial charge in [-0.3, -0.25) is 0 Å². The van der Waals surface area contributed by atoms with Crippen LogP contribution in [0.3, 0.4) is 0 Å². The number of benzene rings is 2. The molecule has 0 bridgehead atoms. The maximum absolute atomic E-state index is 6.19. The van der Waals surface area contributed by atoms with Crippen LogP contribution in [0.25, 0.3) is 0 Å². The van der Waals surface area contributed by atoms with E-state index in [-0.39, 0.29) is 0 Å². The lowest BCUT2D eigenvalue weighted by Crippen LogP contribution is -2.03. The van der Waals surface area contributed by atoms with E-state index in [0.29, 0.717) is 22.3 Å². The standard InChI is InChI=1S/C15H14BrCl2NO2/c1-20-11-4-3-9(14(7-11)21-2)8-19-15-12(17)5-10(16)6-13(15)18/h3-7,19H,8H2,1-2H3. The Morgan fingerprint density at radius 2 is 1.71 bits per heavy atom. The predicted octanol–water partition coefficient (Wildman–Crippen LogP) is 5.39. The summed E-state index contributed by atoms with van der Waals surface area (Å²) < 4.78 is 11.4. The first-order valence-corrected chi connectivity index (χ1v) is 7.69. The van der Waals surface area contributed by atoms with E-state index in [2.05, 4.69) is 21.2 Å². The van der Waals surface area contributed by atoms with Crippen molar-refractivity contribution in [1.29, 1.82) is 0 Å². The van der Waals surface area contributed by atoms with Crippen molar-refractivity contribution in [3.63, 3.8) is 0 Å². The monoisotopic (exact) mass is 389 g/mol. The third-order valence-electron chi connectivity index (χ3n) is 2.96. The van der Waals surface area contributed by atoms with Crippen LogP contribution in [-0.2, 0) is 6.54 Å². The summed E-state index contributed by atoms with van der Waals surface area (Å²) in [5, 5.41) is 4.35. The Morgan fingerprint density at radius 3 is 2.29 bits per heavy atom. The van der Waals surface area contributed by atoms with Crippen molar-refractivity contribution in [3.8, 4) is 11.5 Å². The lowest BCUT2D eigenvalue weighted by atomic mass is 10.2. The van der Waals surface area contributed by atoms with E-state index in [9.17, 15) is 0 Å². The summed E-state index contributed by atoms with van der Waals surface area (Å²) in [6.45, 7) is 0.536. The molecular formula is C15H14BrCl2NO2. The van der Waals surface area contributed by atoms with Crippen molar-refractivity contribution < 1.29 is 9.47 Å². The van der Waals surface area contributed by atoms with Crippen molar-refractivity contribution in [2.45, 2.75) is 6.54 Å². The van der Waals surface area contributed by atoms with E-state index in [0.717, 1.165) is 21.5 Å². The number of ether oxygens (including phenoxy) is 2. The lowest BCUT2D eigenvalue weighted by Gasteiger charge is -2.14. The molecule has 1 N–H and O–H groups in total. The molecular weight excluding hydrogens is 377 g/mol. The molecule has 0 fully saturated rings. The third kappa shape index (κ3) is 3.96. The molecule has 2 aromatic rings. The van der Waals surface area contributed by atoms with Crippen LogP contribution in [0.2, 0.25) is 10.0 Å². The maximum atomic E-state index is 6.19. The minimum Gasteiger partial charge on any atom is -0.497 e. The summed E-state index contributed by atoms with van der Waals surface area (Å²) in [6.07, 6.45) is 0. The molecule has 0 radical (unpaired) electrons. The molecule has 0 saturated heterocycles. The number of anilines is 1. The van der Waals surface area contributed by atoms with Gasteiger partial charge in [-0.1, -0.05) is 39.1 Å². The van der Waals surface area contributed by atoms with Gasteiger partial charge in [-0.25, -0.2) is 0 Å². The van der Waals surface area contributed by atoms with Gasteiger partial charge in [0, 0.05) is 22.6 Å². The van der Waals surface area contributed by atoms with Crippen LogP contribution < -0.4 is 14.8 Å². The first kappa shape index (κ1) is 16.3. The Balaban J connectivity index is 2.20. The molecule has 0 atom stereocenters. The van der Waals surface area contributed by atoms with Gasteiger partial charge in [0.1, 0.15) is 11.5 Å². The first-order chi connectivity index (χ1) is 10.0. The molecule has 0 aliphatic rings. The lowest BCUT2D eigenvalue weighted by molar-refractivity contribution is 0.391. The highest BCUT2D eigenvalue weighted by atomic mass is 79.9. The predicted molar refractivity (Wildman–Crippen MR) is 91.0 cm³/mol. The van der Waals surface area contributed by atoms with Crippen molar-refractivity contribution in [2.24, 2.45) is 0 Å². The van der Waals surface area contributed by atoms with Crippen molar-refractivity contribution in [3.05, 3.63) is 50.4 Å². The van der Waals surface area contributed by atoms with E-state index in [4.69, 9.17) is 32.7 Å². The molecule has 6 heteroatoms. The quantitative estimate of drug-likeness (QED) is 0.742. The molecule has 3 nitrogen and oxygen atoms in total. The molecule has 21 heavy (non-hydrogen) atoms. The molecule has 0 heterocycles. The van der Waals surface area contributed by atoms with Gasteiger partial charge in [-0.15, -0.1) is 0 Å². The Hall–Kier alpha value is -1.10. The first-order valence-electron chi connectivity index (χ1n) is 6.14. The molecule has 0 aliphatic carbocycles. The molecule has 0 aromatic heterocycles. The summed E-state index contributed by atoms with van der Waals surface area (Å²) in [5.74, 6) is 1.49. The summed E-state index contributed by atoms with van der Waals surface area (Å²) >= 11 is 15.7. The van der Waals surface area contributed by atoms with Gasteiger partial charge in [-0.2, -0.15) is 0 Å². The van der Waals surface area contributed by atoms with E-state index in [1.54, 1.807) is 26.4 Å². The Kier molecular flexibility index (Phi) is 5.62. The largest absolute Gasteiger partial charge is 0.497 e. The van der Waals surface area contributed by atoms with Crippen LogP contribution in [0.4, 0.5) is 5.69 Å². The van der Waals surface area contributed by atoms with Gasteiger partial charge in [-0.05, 0) is 24.3 Å². The molecule has 0 aliphatic heterocycles. The average molecular weight is 391 g/mol. The number of hydrogen-bond acceptors (Lipinski definition) is 3. The molecule has 0 amide bonds. The summed E-state index contributed by atoms with van der Waals surface area (Å²) in [7, 11) is 3.24. The van der Waals surface area contributed by atoms with Gasteiger partial charge < -0.3 is 14.8 Å². The van der Waals surface area contributed by atoms with Crippen molar-refractivity contribution >= 4 is 44.8 Å². The van der Waals surface area contributed by atoms with E-state index >= 15 is 0 Å². The summed E-state index contributed by atoms with van der Waals surface area (Å²) in [6, 6.07) is 9.24. The normalized spacial score (nSPS) is 10.3. The number of halogens is 3. The summed E-state index contributed by atoms with van der Waals surface area (Å²) in [5.41, 5.74) is 1.67. The Labute approximate surface area is 142 Å². The van der Waals surface area contributed by atoms with Gasteiger partial charge in [0.15, 0.2) is 0 Å². The average Bonchev–Trinajstić information content (AvgIpc) is 2.46. The van der Waals surface area contributed by atoms with Gasteiger partial charge >= 0.3 is 0 Å². The van der Waals surface area contributed by atoms with E-state index in [1.165, 1.54) is 0 Å². The van der Waals surface area contributed by atoms with Gasteiger partial charge in [0.2, 0.25) is 0 Å². The van der Waals surface area contributed by atoms with E-state index in [1.807, 2.05) is 18.2 Å². The molecule has 0 saturated carbocycles. The Bertz CT molecular complexity index is 627. The van der Waals surface area contributed by atoms with Gasteiger partial charge in [0.05, 0.1) is 30.0 Å². The van der Waals surface area contributed by atoms with Crippen molar-refractivity contribution in [1.82, 2.24) is 0 Å². The van der Waals surface area contributed by atoms with E-state index < -0.39 is 0 Å². The zero-order chi connectivity index (χ0) is 15.4. The Morgan fingerprint density at radius 1 is 1.05 bits per heavy atom. The van der Waals surface area contributed by atoms with Crippen LogP contribution in [0.5, 0.6) is 11.5 Å². The molecule has 2 aromatic carbocycles. The third-order valence-corrected chi connectivity index (χ3v) is 4.01. The summed E-state index contributed by atoms with van der Waals surface area (Å²) in [4.78, 5) is 0. The fraction of sp³-hybridized carbons (Fsp3) is 0.200. The van der Waals surface area contributed by atoms with Crippen LogP contribution in [0, 0.1) is 0 Å². The zero-order valence-corrected chi connectivity index (χ0v) is 14.6. The number of methoxy groups -OCH3 is 2. The van der Waals surface area contributed by atoms with Crippen molar-refractivity contribution in [2.75, 3.05) is 19.5 Å². The van der Waals surface area contributed by atoms with Gasteiger partial charge in [0.25, 0.3) is 0 Å². The number of rotatable bonds is 5. The second-order valence-corrected chi connectivity index (χ2v) is 6.01. The number of hydrogen-bond donors (Lipinski definition) is 1. The SMILES string of the molecule is COc1ccc(CNc2c(Cl)cc(Br)cc2Cl)c(OC)c1. The molecule has 112 valence electrons. The molecule has 0 unspecified atom stereocenters. The van der Waals surface area contributed by atoms with Crippen LogP contribution in [-0.4, -0.2) is 14.2 Å². The highest BCUT2D eigenvalue weighted by Crippen LogP contribution is 2.34. The second-order valence-electron chi connectivity index (χ2n) is 4.28. The minimum absolute atomic E-state index is 0.536. The highest BCUT2D eigenvalue weighted by molar-refractivity contribution is 9.10. The fourth-order valence-corrected chi connectivity index (χ4v) is 3.23. The highest BCUT2D eigenvalue weighted by Gasteiger charge is 2.10. The molecule has 0 spiro atoms. The molecule has 2 rings (SSSR count). The van der Waals surface area contributed by atoms with Crippen LogP contribution in [0.1, 0.15) is 5.56 Å². The topological polar surface area (TPSA) is 30.5 Å².